The van der Waals surface area contributed by atoms with Crippen LogP contribution in [0, 0.1) is 0 Å². The van der Waals surface area contributed by atoms with Crippen molar-refractivity contribution in [2.75, 3.05) is 6.61 Å². The van der Waals surface area contributed by atoms with Crippen molar-refractivity contribution >= 4 is 11.9 Å². The highest BCUT2D eigenvalue weighted by Crippen LogP contribution is 2.18. The first-order chi connectivity index (χ1) is 11.3. The lowest BCUT2D eigenvalue weighted by Gasteiger charge is -2.03. The van der Waals surface area contributed by atoms with Crippen molar-refractivity contribution in [3.8, 4) is 5.75 Å². The van der Waals surface area contributed by atoms with Gasteiger partial charge in [0.1, 0.15) is 12.4 Å². The van der Waals surface area contributed by atoms with Crippen molar-refractivity contribution in [1.29, 1.82) is 0 Å². The van der Waals surface area contributed by atoms with E-state index in [4.69, 9.17) is 4.74 Å². The van der Waals surface area contributed by atoms with Gasteiger partial charge in [0, 0.05) is 6.21 Å². The monoisotopic (exact) mass is 305 g/mol. The summed E-state index contributed by atoms with van der Waals surface area (Å²) in [6.45, 7) is 7.90. The molecule has 0 N–H and O–H groups in total. The van der Waals surface area contributed by atoms with Gasteiger partial charge in [0.25, 0.3) is 0 Å². The predicted molar refractivity (Wildman–Crippen MR) is 99.0 cm³/mol. The molecule has 0 radical (unpaired) electrons. The lowest BCUT2D eigenvalue weighted by Crippen LogP contribution is -1.91. The summed E-state index contributed by atoms with van der Waals surface area (Å²) < 4.78 is 5.45. The molecule has 0 saturated carbocycles. The summed E-state index contributed by atoms with van der Waals surface area (Å²) in [4.78, 5) is 4.49. The number of benzene rings is 2. The Kier molecular flexibility index (Phi) is 6.86. The minimum Gasteiger partial charge on any atom is -0.490 e. The van der Waals surface area contributed by atoms with E-state index in [0.29, 0.717) is 6.61 Å². The van der Waals surface area contributed by atoms with Crippen LogP contribution in [0.5, 0.6) is 5.75 Å². The highest BCUT2D eigenvalue weighted by molar-refractivity contribution is 5.81. The zero-order valence-electron chi connectivity index (χ0n) is 13.4. The minimum absolute atomic E-state index is 0.516. The van der Waals surface area contributed by atoms with Crippen molar-refractivity contribution in [3.05, 3.63) is 85.0 Å². The second-order valence-electron chi connectivity index (χ2n) is 5.27. The van der Waals surface area contributed by atoms with Crippen LogP contribution in [0.1, 0.15) is 24.0 Å². The summed E-state index contributed by atoms with van der Waals surface area (Å²) in [5, 5.41) is 0. The van der Waals surface area contributed by atoms with E-state index in [1.54, 1.807) is 6.08 Å². The average molecular weight is 305 g/mol. The Morgan fingerprint density at radius 1 is 0.913 bits per heavy atom. The molecule has 2 heteroatoms. The first-order valence-electron chi connectivity index (χ1n) is 7.89. The fourth-order valence-electron chi connectivity index (χ4n) is 2.15. The number of rotatable bonds is 9. The zero-order valence-corrected chi connectivity index (χ0v) is 13.4. The fourth-order valence-corrected chi connectivity index (χ4v) is 2.15. The highest BCUT2D eigenvalue weighted by Gasteiger charge is 1.95. The van der Waals surface area contributed by atoms with E-state index in [0.717, 1.165) is 36.3 Å². The molecule has 0 heterocycles. The molecule has 0 bridgehead atoms. The van der Waals surface area contributed by atoms with Crippen molar-refractivity contribution in [2.24, 2.45) is 4.99 Å². The fraction of sp³-hybridized carbons (Fsp3) is 0.190. The first-order valence-corrected chi connectivity index (χ1v) is 7.89. The van der Waals surface area contributed by atoms with E-state index in [-0.39, 0.29) is 0 Å². The molecule has 2 aromatic rings. The van der Waals surface area contributed by atoms with Gasteiger partial charge < -0.3 is 4.74 Å². The molecule has 2 nitrogen and oxygen atoms in total. The van der Waals surface area contributed by atoms with Crippen molar-refractivity contribution in [3.63, 3.8) is 0 Å². The number of aryl methyl sites for hydroxylation is 1. The van der Waals surface area contributed by atoms with Crippen LogP contribution in [0.4, 0.5) is 5.69 Å². The summed E-state index contributed by atoms with van der Waals surface area (Å²) in [7, 11) is 0. The van der Waals surface area contributed by atoms with Gasteiger partial charge in [-0.1, -0.05) is 43.0 Å². The van der Waals surface area contributed by atoms with E-state index in [1.165, 1.54) is 5.56 Å². The molecule has 0 aliphatic carbocycles. The normalized spacial score (nSPS) is 10.6. The Morgan fingerprint density at radius 2 is 1.65 bits per heavy atom. The van der Waals surface area contributed by atoms with Crippen molar-refractivity contribution < 1.29 is 4.74 Å². The summed E-state index contributed by atoms with van der Waals surface area (Å²) in [6, 6.07) is 16.3. The van der Waals surface area contributed by atoms with Gasteiger partial charge in [-0.2, -0.15) is 0 Å². The standard InChI is InChI=1S/C21H23NO/c1-3-5-6-7-18-8-10-19(11-9-18)17-22-20-12-14-21(15-13-20)23-16-4-2/h3-4,8-15,17H,1-2,5-7,16H2. The van der Waals surface area contributed by atoms with Gasteiger partial charge >= 0.3 is 0 Å². The maximum Gasteiger partial charge on any atom is 0.119 e. The molecule has 0 saturated heterocycles. The van der Waals surface area contributed by atoms with Crippen LogP contribution in [0.15, 0.2) is 78.8 Å². The van der Waals surface area contributed by atoms with Gasteiger partial charge in [0.05, 0.1) is 5.69 Å². The van der Waals surface area contributed by atoms with Gasteiger partial charge in [-0.3, -0.25) is 4.99 Å². The Bertz CT molecular complexity index is 639. The maximum absolute atomic E-state index is 5.45. The Morgan fingerprint density at radius 3 is 2.30 bits per heavy atom. The van der Waals surface area contributed by atoms with Crippen LogP contribution < -0.4 is 4.74 Å². The van der Waals surface area contributed by atoms with Gasteiger partial charge in [-0.15, -0.1) is 6.58 Å². The van der Waals surface area contributed by atoms with Crippen LogP contribution in [0.2, 0.25) is 0 Å². The Labute approximate surface area is 138 Å². The molecule has 0 aromatic heterocycles. The number of unbranched alkanes of at least 4 members (excludes halogenated alkanes) is 1. The van der Waals surface area contributed by atoms with E-state index >= 15 is 0 Å². The molecule has 2 rings (SSSR count). The van der Waals surface area contributed by atoms with Gasteiger partial charge in [0.15, 0.2) is 0 Å². The lowest BCUT2D eigenvalue weighted by atomic mass is 10.1. The quantitative estimate of drug-likeness (QED) is 0.340. The van der Waals surface area contributed by atoms with Crippen molar-refractivity contribution in [2.45, 2.75) is 19.3 Å². The van der Waals surface area contributed by atoms with E-state index < -0.39 is 0 Å². The Balaban J connectivity index is 1.91. The highest BCUT2D eigenvalue weighted by atomic mass is 16.5. The zero-order chi connectivity index (χ0) is 16.3. The van der Waals surface area contributed by atoms with Crippen LogP contribution in [0.3, 0.4) is 0 Å². The molecule has 0 atom stereocenters. The predicted octanol–water partition coefficient (Wildman–Crippen LogP) is 5.51. The minimum atomic E-state index is 0.516. The van der Waals surface area contributed by atoms with Gasteiger partial charge in [-0.05, 0) is 54.7 Å². The summed E-state index contributed by atoms with van der Waals surface area (Å²) >= 11 is 0. The van der Waals surface area contributed by atoms with E-state index in [2.05, 4.69) is 42.4 Å². The van der Waals surface area contributed by atoms with Crippen LogP contribution in [-0.4, -0.2) is 12.8 Å². The molecule has 118 valence electrons. The second-order valence-corrected chi connectivity index (χ2v) is 5.27. The molecular formula is C21H23NO. The van der Waals surface area contributed by atoms with Crippen LogP contribution in [-0.2, 0) is 6.42 Å². The van der Waals surface area contributed by atoms with E-state index in [9.17, 15) is 0 Å². The van der Waals surface area contributed by atoms with Crippen LogP contribution >= 0.6 is 0 Å². The molecule has 0 fully saturated rings. The number of allylic oxidation sites excluding steroid dienone is 1. The van der Waals surface area contributed by atoms with E-state index in [1.807, 2.05) is 36.6 Å². The third kappa shape index (κ3) is 5.95. The number of nitrogens with zero attached hydrogens (tertiary/aromatic N) is 1. The SMILES string of the molecule is C=CCCCc1ccc(C=Nc2ccc(OCC=C)cc2)cc1. The van der Waals surface area contributed by atoms with Crippen LogP contribution in [0.25, 0.3) is 0 Å². The van der Waals surface area contributed by atoms with Gasteiger partial charge in [-0.25, -0.2) is 0 Å². The second kappa shape index (κ2) is 9.42. The number of aliphatic imine (C=N–C) groups is 1. The number of hydrogen-bond acceptors (Lipinski definition) is 2. The molecule has 23 heavy (non-hydrogen) atoms. The largest absolute Gasteiger partial charge is 0.490 e. The average Bonchev–Trinajstić information content (AvgIpc) is 2.60. The third-order valence-corrected chi connectivity index (χ3v) is 3.42. The molecule has 0 amide bonds. The summed E-state index contributed by atoms with van der Waals surface area (Å²) in [5.41, 5.74) is 3.36. The third-order valence-electron chi connectivity index (χ3n) is 3.42. The molecule has 0 unspecified atom stereocenters. The molecule has 0 aliphatic rings. The number of ether oxygens (including phenoxy) is 1. The van der Waals surface area contributed by atoms with Gasteiger partial charge in [0.2, 0.25) is 0 Å². The molecule has 2 aromatic carbocycles. The maximum atomic E-state index is 5.45. The summed E-state index contributed by atoms with van der Waals surface area (Å²) in [5.74, 6) is 0.827. The molecular weight excluding hydrogens is 282 g/mol. The lowest BCUT2D eigenvalue weighted by molar-refractivity contribution is 0.363. The molecule has 0 aliphatic heterocycles. The number of hydrogen-bond donors (Lipinski definition) is 0. The smallest absolute Gasteiger partial charge is 0.119 e. The Hall–Kier alpha value is -2.61. The molecule has 0 spiro atoms. The van der Waals surface area contributed by atoms with Crippen molar-refractivity contribution in [1.82, 2.24) is 0 Å². The first kappa shape index (κ1) is 16.8. The topological polar surface area (TPSA) is 21.6 Å². The summed E-state index contributed by atoms with van der Waals surface area (Å²) in [6.07, 6.45) is 8.89.